The van der Waals surface area contributed by atoms with Gasteiger partial charge < -0.3 is 19.5 Å². The number of phenolic OH excluding ortho intramolecular Hbond substituents is 1. The van der Waals surface area contributed by atoms with Crippen LogP contribution in [0.2, 0.25) is 0 Å². The Hall–Kier alpha value is -5.94. The van der Waals surface area contributed by atoms with Gasteiger partial charge in [-0.1, -0.05) is 59.7 Å². The Balaban J connectivity index is 1.17. The van der Waals surface area contributed by atoms with E-state index in [1.807, 2.05) is 91.9 Å². The molecule has 6 atom stereocenters. The van der Waals surface area contributed by atoms with Gasteiger partial charge in [0.15, 0.2) is 0 Å². The smallest absolute Gasteiger partial charge is 0.260 e. The quantitative estimate of drug-likeness (QED) is 0.180. The Kier molecular flexibility index (Phi) is 8.49. The standard InChI is InChI=1S/C44H42N4O7/c1-26-8-10-28(11-9-26)45-48-41(51)36-25-34-32(39(35-24-31(54-2)16-19-37(35)49)44(36,43(48)53)27-6-4-3-5-7-27)17-18-33-38(34)42(52)47(40(33)50)30-14-12-29(13-15-30)46-20-22-55-23-21-46/h3-17,19,24,33-34,36,38-39,45,49H,18,20-23,25H2,1-2H3/t33-,34+,36-,38-,39+,44+/m0/s1. The summed E-state index contributed by atoms with van der Waals surface area (Å²) in [6, 6.07) is 29.1. The van der Waals surface area contributed by atoms with Gasteiger partial charge in [0.2, 0.25) is 11.8 Å². The van der Waals surface area contributed by atoms with Gasteiger partial charge in [0.1, 0.15) is 11.5 Å². The van der Waals surface area contributed by atoms with Crippen LogP contribution in [-0.2, 0) is 29.3 Å². The van der Waals surface area contributed by atoms with Crippen LogP contribution in [0.5, 0.6) is 11.5 Å². The number of phenols is 1. The Morgan fingerprint density at radius 1 is 0.818 bits per heavy atom. The molecule has 280 valence electrons. The van der Waals surface area contributed by atoms with E-state index in [-0.39, 0.29) is 30.4 Å². The summed E-state index contributed by atoms with van der Waals surface area (Å²) in [5.41, 5.74) is 6.49. The predicted octanol–water partition coefficient (Wildman–Crippen LogP) is 5.74. The third kappa shape index (κ3) is 5.35. The number of anilines is 3. The summed E-state index contributed by atoms with van der Waals surface area (Å²) in [5.74, 6) is -4.88. The summed E-state index contributed by atoms with van der Waals surface area (Å²) in [7, 11) is 1.53. The molecule has 9 rings (SSSR count). The maximum atomic E-state index is 15.4. The molecule has 5 aliphatic rings. The lowest BCUT2D eigenvalue weighted by atomic mass is 9.49. The number of hydrazine groups is 1. The van der Waals surface area contributed by atoms with Gasteiger partial charge in [-0.25, -0.2) is 0 Å². The largest absolute Gasteiger partial charge is 0.508 e. The van der Waals surface area contributed by atoms with Crippen LogP contribution in [0.15, 0.2) is 109 Å². The average molecular weight is 739 g/mol. The van der Waals surface area contributed by atoms with E-state index in [1.54, 1.807) is 12.1 Å². The molecule has 4 fully saturated rings. The molecule has 3 aliphatic heterocycles. The van der Waals surface area contributed by atoms with Crippen molar-refractivity contribution in [2.24, 2.45) is 23.7 Å². The van der Waals surface area contributed by atoms with Crippen molar-refractivity contribution in [2.75, 3.05) is 48.6 Å². The maximum absolute atomic E-state index is 15.4. The first-order chi connectivity index (χ1) is 26.7. The van der Waals surface area contributed by atoms with Crippen LogP contribution >= 0.6 is 0 Å². The number of carbonyl (C=O) groups is 4. The van der Waals surface area contributed by atoms with Crippen molar-refractivity contribution in [1.82, 2.24) is 5.01 Å². The first kappa shape index (κ1) is 34.8. The van der Waals surface area contributed by atoms with Crippen molar-refractivity contribution in [3.63, 3.8) is 0 Å². The number of allylic oxidation sites excluding steroid dienone is 2. The van der Waals surface area contributed by atoms with Crippen LogP contribution in [0.1, 0.15) is 35.4 Å². The van der Waals surface area contributed by atoms with E-state index < -0.39 is 46.8 Å². The zero-order valence-corrected chi connectivity index (χ0v) is 30.7. The minimum atomic E-state index is -1.50. The highest BCUT2D eigenvalue weighted by molar-refractivity contribution is 6.22. The fourth-order valence-corrected chi connectivity index (χ4v) is 9.87. The molecule has 11 nitrogen and oxygen atoms in total. The monoisotopic (exact) mass is 738 g/mol. The van der Waals surface area contributed by atoms with Crippen molar-refractivity contribution in [3.8, 4) is 11.5 Å². The van der Waals surface area contributed by atoms with Crippen LogP contribution in [0, 0.1) is 30.6 Å². The molecule has 2 N–H and O–H groups in total. The maximum Gasteiger partial charge on any atom is 0.260 e. The fourth-order valence-electron chi connectivity index (χ4n) is 9.87. The third-order valence-electron chi connectivity index (χ3n) is 12.4. The molecular weight excluding hydrogens is 697 g/mol. The fraction of sp³-hybridized carbons (Fsp3) is 0.318. The molecule has 3 heterocycles. The van der Waals surface area contributed by atoms with Gasteiger partial charge >= 0.3 is 0 Å². The number of amides is 4. The Morgan fingerprint density at radius 2 is 1.53 bits per heavy atom. The van der Waals surface area contributed by atoms with Crippen molar-refractivity contribution in [3.05, 3.63) is 125 Å². The Bertz CT molecular complexity index is 2220. The molecule has 0 bridgehead atoms. The number of hydrogen-bond donors (Lipinski definition) is 2. The number of nitrogens with one attached hydrogen (secondary N) is 1. The van der Waals surface area contributed by atoms with Crippen LogP contribution < -0.4 is 20.0 Å². The number of ether oxygens (including phenoxy) is 2. The number of methoxy groups -OCH3 is 1. The topological polar surface area (TPSA) is 129 Å². The van der Waals surface area contributed by atoms with Gasteiger partial charge in [-0.3, -0.25) is 29.5 Å². The number of fused-ring (bicyclic) bond motifs is 4. The van der Waals surface area contributed by atoms with Crippen molar-refractivity contribution in [1.29, 1.82) is 0 Å². The number of carbonyl (C=O) groups excluding carboxylic acids is 4. The highest BCUT2D eigenvalue weighted by Gasteiger charge is 2.70. The molecule has 0 radical (unpaired) electrons. The second-order valence-corrected chi connectivity index (χ2v) is 15.1. The molecule has 0 spiro atoms. The number of morpholine rings is 1. The van der Waals surface area contributed by atoms with E-state index in [0.29, 0.717) is 41.5 Å². The van der Waals surface area contributed by atoms with Gasteiger partial charge in [0.05, 0.1) is 54.9 Å². The van der Waals surface area contributed by atoms with Crippen LogP contribution in [0.25, 0.3) is 0 Å². The average Bonchev–Trinajstić information content (AvgIpc) is 3.60. The summed E-state index contributed by atoms with van der Waals surface area (Å²) in [6.45, 7) is 4.76. The number of aryl methyl sites for hydroxylation is 1. The van der Waals surface area contributed by atoms with E-state index in [0.717, 1.165) is 34.9 Å². The lowest BCUT2D eigenvalue weighted by molar-refractivity contribution is -0.138. The second-order valence-electron chi connectivity index (χ2n) is 15.1. The molecule has 55 heavy (non-hydrogen) atoms. The molecule has 4 amide bonds. The van der Waals surface area contributed by atoms with Gasteiger partial charge in [-0.05, 0) is 85.8 Å². The van der Waals surface area contributed by atoms with Crippen LogP contribution in [0.3, 0.4) is 0 Å². The molecule has 2 aliphatic carbocycles. The van der Waals surface area contributed by atoms with E-state index in [9.17, 15) is 19.5 Å². The summed E-state index contributed by atoms with van der Waals surface area (Å²) in [4.78, 5) is 62.8. The molecule has 3 saturated heterocycles. The lowest BCUT2D eigenvalue weighted by Gasteiger charge is -2.50. The van der Waals surface area contributed by atoms with E-state index in [4.69, 9.17) is 9.47 Å². The van der Waals surface area contributed by atoms with E-state index >= 15 is 4.79 Å². The van der Waals surface area contributed by atoms with Crippen LogP contribution in [-0.4, -0.2) is 67.2 Å². The van der Waals surface area contributed by atoms with E-state index in [1.165, 1.54) is 18.1 Å². The van der Waals surface area contributed by atoms with Gasteiger partial charge in [0, 0.05) is 30.3 Å². The van der Waals surface area contributed by atoms with E-state index in [2.05, 4.69) is 10.3 Å². The predicted molar refractivity (Wildman–Crippen MR) is 205 cm³/mol. The molecule has 4 aromatic rings. The second kappa shape index (κ2) is 13.4. The lowest BCUT2D eigenvalue weighted by Crippen LogP contribution is -2.53. The number of aromatic hydroxyl groups is 1. The molecular formula is C44H42N4O7. The van der Waals surface area contributed by atoms with Gasteiger partial charge in [0.25, 0.3) is 11.8 Å². The normalized spacial score (nSPS) is 27.4. The zero-order chi connectivity index (χ0) is 38.0. The molecule has 4 aromatic carbocycles. The number of benzene rings is 4. The minimum absolute atomic E-state index is 0.0652. The van der Waals surface area contributed by atoms with Crippen LogP contribution in [0.4, 0.5) is 17.1 Å². The molecule has 1 saturated carbocycles. The molecule has 0 aromatic heterocycles. The molecule has 0 unspecified atom stereocenters. The third-order valence-corrected chi connectivity index (χ3v) is 12.4. The summed E-state index contributed by atoms with van der Waals surface area (Å²) in [5, 5.41) is 12.8. The highest BCUT2D eigenvalue weighted by Crippen LogP contribution is 2.65. The number of rotatable bonds is 7. The summed E-state index contributed by atoms with van der Waals surface area (Å²) < 4.78 is 11.1. The summed E-state index contributed by atoms with van der Waals surface area (Å²) >= 11 is 0. The minimum Gasteiger partial charge on any atom is -0.508 e. The zero-order valence-electron chi connectivity index (χ0n) is 30.7. The SMILES string of the molecule is COc1ccc(O)c([C@H]2C3=CC[C@@H]4C(=O)N(c5ccc(N6CCOCC6)cc5)C(=O)[C@@H]4[C@@H]3C[C@H]3C(=O)N(Nc4ccc(C)cc4)C(=O)[C@@]23c2ccccc2)c1. The summed E-state index contributed by atoms with van der Waals surface area (Å²) in [6.07, 6.45) is 2.41. The molecule has 11 heteroatoms. The highest BCUT2D eigenvalue weighted by atomic mass is 16.5. The number of imide groups is 2. The van der Waals surface area contributed by atoms with Gasteiger partial charge in [-0.15, -0.1) is 0 Å². The number of nitrogens with zero attached hydrogens (tertiary/aromatic N) is 3. The van der Waals surface area contributed by atoms with Crippen molar-refractivity contribution in [2.45, 2.75) is 31.1 Å². The first-order valence-corrected chi connectivity index (χ1v) is 18.9. The van der Waals surface area contributed by atoms with Crippen molar-refractivity contribution >= 4 is 40.7 Å². The Labute approximate surface area is 319 Å². The first-order valence-electron chi connectivity index (χ1n) is 18.9. The van der Waals surface area contributed by atoms with Crippen molar-refractivity contribution < 1.29 is 33.8 Å². The Morgan fingerprint density at radius 3 is 2.24 bits per heavy atom. The number of hydrogen-bond acceptors (Lipinski definition) is 9. The van der Waals surface area contributed by atoms with Gasteiger partial charge in [-0.2, -0.15) is 5.01 Å².